The second-order valence-corrected chi connectivity index (χ2v) is 4.64. The van der Waals surface area contributed by atoms with Crippen LogP contribution in [0.3, 0.4) is 0 Å². The SMILES string of the molecule is CCNC(CCN1CCCOC(C)C1)C(N)=O. The molecule has 0 saturated carbocycles. The average molecular weight is 243 g/mol. The Morgan fingerprint density at radius 1 is 1.65 bits per heavy atom. The molecule has 0 spiro atoms. The van der Waals surface area contributed by atoms with Gasteiger partial charge in [0.05, 0.1) is 12.1 Å². The molecule has 1 heterocycles. The van der Waals surface area contributed by atoms with Crippen LogP contribution in [0.15, 0.2) is 0 Å². The number of hydrogen-bond donors (Lipinski definition) is 2. The van der Waals surface area contributed by atoms with Crippen molar-refractivity contribution in [1.82, 2.24) is 10.2 Å². The molecule has 1 fully saturated rings. The summed E-state index contributed by atoms with van der Waals surface area (Å²) in [5.74, 6) is -0.258. The van der Waals surface area contributed by atoms with Crippen LogP contribution < -0.4 is 11.1 Å². The van der Waals surface area contributed by atoms with Gasteiger partial charge >= 0.3 is 0 Å². The van der Waals surface area contributed by atoms with E-state index in [1.807, 2.05) is 6.92 Å². The Hall–Kier alpha value is -0.650. The van der Waals surface area contributed by atoms with Gasteiger partial charge in [-0.15, -0.1) is 0 Å². The highest BCUT2D eigenvalue weighted by Crippen LogP contribution is 2.06. The number of ether oxygens (including phenoxy) is 1. The Bertz CT molecular complexity index is 236. The van der Waals surface area contributed by atoms with Crippen LogP contribution in [0.1, 0.15) is 26.7 Å². The van der Waals surface area contributed by atoms with Crippen LogP contribution in [0.4, 0.5) is 0 Å². The maximum absolute atomic E-state index is 11.2. The lowest BCUT2D eigenvalue weighted by Gasteiger charge is -2.23. The number of carbonyl (C=O) groups is 1. The van der Waals surface area contributed by atoms with Crippen molar-refractivity contribution in [3.8, 4) is 0 Å². The molecule has 1 saturated heterocycles. The molecule has 1 rings (SSSR count). The Morgan fingerprint density at radius 3 is 3.06 bits per heavy atom. The third kappa shape index (κ3) is 5.48. The molecule has 0 bridgehead atoms. The summed E-state index contributed by atoms with van der Waals surface area (Å²) in [5, 5.41) is 3.12. The highest BCUT2D eigenvalue weighted by atomic mass is 16.5. The van der Waals surface area contributed by atoms with Crippen molar-refractivity contribution < 1.29 is 9.53 Å². The molecule has 1 amide bonds. The number of primary amides is 1. The number of nitrogens with two attached hydrogens (primary N) is 1. The van der Waals surface area contributed by atoms with E-state index in [-0.39, 0.29) is 18.1 Å². The van der Waals surface area contributed by atoms with Gasteiger partial charge in [0.15, 0.2) is 0 Å². The third-order valence-corrected chi connectivity index (χ3v) is 3.06. The van der Waals surface area contributed by atoms with Crippen molar-refractivity contribution in [2.75, 3.05) is 32.8 Å². The molecule has 0 aromatic rings. The zero-order valence-electron chi connectivity index (χ0n) is 10.9. The first kappa shape index (κ1) is 14.4. The molecule has 2 unspecified atom stereocenters. The number of carbonyl (C=O) groups excluding carboxylic acids is 1. The Labute approximate surface area is 104 Å². The minimum Gasteiger partial charge on any atom is -0.377 e. The van der Waals surface area contributed by atoms with Gasteiger partial charge in [-0.25, -0.2) is 0 Å². The summed E-state index contributed by atoms with van der Waals surface area (Å²) in [4.78, 5) is 13.6. The first-order valence-corrected chi connectivity index (χ1v) is 6.50. The maximum Gasteiger partial charge on any atom is 0.234 e. The molecule has 5 nitrogen and oxygen atoms in total. The van der Waals surface area contributed by atoms with Gasteiger partial charge in [0.2, 0.25) is 5.91 Å². The predicted octanol–water partition coefficient (Wildman–Crippen LogP) is -0.0493. The molecule has 0 aromatic carbocycles. The van der Waals surface area contributed by atoms with Crippen molar-refractivity contribution in [1.29, 1.82) is 0 Å². The monoisotopic (exact) mass is 243 g/mol. The second kappa shape index (κ2) is 7.63. The number of rotatable bonds is 6. The van der Waals surface area contributed by atoms with Crippen LogP contribution in [0.5, 0.6) is 0 Å². The fourth-order valence-corrected chi connectivity index (χ4v) is 2.19. The summed E-state index contributed by atoms with van der Waals surface area (Å²) in [6, 6.07) is -0.209. The molecule has 0 aliphatic carbocycles. The van der Waals surface area contributed by atoms with Crippen molar-refractivity contribution in [2.45, 2.75) is 38.8 Å². The molecular formula is C12H25N3O2. The third-order valence-electron chi connectivity index (χ3n) is 3.06. The minimum atomic E-state index is -0.258. The van der Waals surface area contributed by atoms with Gasteiger partial charge in [-0.3, -0.25) is 4.79 Å². The van der Waals surface area contributed by atoms with Crippen LogP contribution in [0.2, 0.25) is 0 Å². The van der Waals surface area contributed by atoms with Crippen molar-refractivity contribution in [3.63, 3.8) is 0 Å². The van der Waals surface area contributed by atoms with Gasteiger partial charge in [-0.2, -0.15) is 0 Å². The molecular weight excluding hydrogens is 218 g/mol. The van der Waals surface area contributed by atoms with Crippen molar-refractivity contribution >= 4 is 5.91 Å². The van der Waals surface area contributed by atoms with E-state index in [0.717, 1.165) is 45.6 Å². The Kier molecular flexibility index (Phi) is 6.47. The number of nitrogens with zero attached hydrogens (tertiary/aromatic N) is 1. The van der Waals surface area contributed by atoms with Crippen LogP contribution in [-0.4, -0.2) is 55.7 Å². The zero-order valence-corrected chi connectivity index (χ0v) is 10.9. The van der Waals surface area contributed by atoms with Crippen LogP contribution in [0, 0.1) is 0 Å². The summed E-state index contributed by atoms with van der Waals surface area (Å²) in [6.07, 6.45) is 2.12. The van der Waals surface area contributed by atoms with E-state index in [2.05, 4.69) is 17.1 Å². The van der Waals surface area contributed by atoms with Gasteiger partial charge < -0.3 is 20.7 Å². The first-order chi connectivity index (χ1) is 8.13. The Morgan fingerprint density at radius 2 is 2.41 bits per heavy atom. The molecule has 2 atom stereocenters. The lowest BCUT2D eigenvalue weighted by molar-refractivity contribution is -0.120. The number of amides is 1. The average Bonchev–Trinajstić information content (AvgIpc) is 2.48. The lowest BCUT2D eigenvalue weighted by Crippen LogP contribution is -2.44. The fourth-order valence-electron chi connectivity index (χ4n) is 2.19. The zero-order chi connectivity index (χ0) is 12.7. The summed E-state index contributed by atoms with van der Waals surface area (Å²) < 4.78 is 5.59. The van der Waals surface area contributed by atoms with E-state index < -0.39 is 0 Å². The smallest absolute Gasteiger partial charge is 0.234 e. The van der Waals surface area contributed by atoms with Crippen LogP contribution in [-0.2, 0) is 9.53 Å². The molecule has 0 radical (unpaired) electrons. The minimum absolute atomic E-state index is 0.209. The summed E-state index contributed by atoms with van der Waals surface area (Å²) in [7, 11) is 0. The second-order valence-electron chi connectivity index (χ2n) is 4.64. The normalized spacial score (nSPS) is 24.2. The molecule has 17 heavy (non-hydrogen) atoms. The molecule has 3 N–H and O–H groups in total. The molecule has 5 heteroatoms. The van der Waals surface area contributed by atoms with E-state index in [1.54, 1.807) is 0 Å². The van der Waals surface area contributed by atoms with E-state index in [1.165, 1.54) is 0 Å². The van der Waals surface area contributed by atoms with Gasteiger partial charge in [0, 0.05) is 26.2 Å². The fraction of sp³-hybridized carbons (Fsp3) is 0.917. The van der Waals surface area contributed by atoms with Gasteiger partial charge in [0.1, 0.15) is 0 Å². The predicted molar refractivity (Wildman–Crippen MR) is 67.7 cm³/mol. The highest BCUT2D eigenvalue weighted by molar-refractivity contribution is 5.79. The van der Waals surface area contributed by atoms with Crippen LogP contribution >= 0.6 is 0 Å². The lowest BCUT2D eigenvalue weighted by atomic mass is 10.1. The number of nitrogens with one attached hydrogen (secondary N) is 1. The summed E-state index contributed by atoms with van der Waals surface area (Å²) in [5.41, 5.74) is 5.35. The topological polar surface area (TPSA) is 67.6 Å². The van der Waals surface area contributed by atoms with Gasteiger partial charge in [-0.05, 0) is 26.3 Å². The Balaban J connectivity index is 2.33. The first-order valence-electron chi connectivity index (χ1n) is 6.50. The highest BCUT2D eigenvalue weighted by Gasteiger charge is 2.18. The largest absolute Gasteiger partial charge is 0.377 e. The molecule has 1 aliphatic rings. The summed E-state index contributed by atoms with van der Waals surface area (Å²) >= 11 is 0. The molecule has 0 aromatic heterocycles. The van der Waals surface area contributed by atoms with E-state index in [9.17, 15) is 4.79 Å². The molecule has 100 valence electrons. The summed E-state index contributed by atoms with van der Waals surface area (Å²) in [6.45, 7) is 8.57. The number of likely N-dealkylation sites (N-methyl/N-ethyl adjacent to an activating group) is 1. The van der Waals surface area contributed by atoms with Gasteiger partial charge in [0.25, 0.3) is 0 Å². The maximum atomic E-state index is 11.2. The van der Waals surface area contributed by atoms with Gasteiger partial charge in [-0.1, -0.05) is 6.92 Å². The van der Waals surface area contributed by atoms with Crippen LogP contribution in [0.25, 0.3) is 0 Å². The van der Waals surface area contributed by atoms with E-state index in [4.69, 9.17) is 10.5 Å². The molecule has 1 aliphatic heterocycles. The van der Waals surface area contributed by atoms with Crippen molar-refractivity contribution in [2.24, 2.45) is 5.73 Å². The quantitative estimate of drug-likeness (QED) is 0.686. The van der Waals surface area contributed by atoms with Crippen molar-refractivity contribution in [3.05, 3.63) is 0 Å². The standard InChI is InChI=1S/C12H25N3O2/c1-3-14-11(12(13)16)5-7-15-6-4-8-17-10(2)9-15/h10-11,14H,3-9H2,1-2H3,(H2,13,16). The van der Waals surface area contributed by atoms with E-state index >= 15 is 0 Å². The number of hydrogen-bond acceptors (Lipinski definition) is 4. The van der Waals surface area contributed by atoms with E-state index in [0.29, 0.717) is 0 Å².